The molecule has 0 bridgehead atoms. The van der Waals surface area contributed by atoms with Gasteiger partial charge in [-0.1, -0.05) is 24.3 Å². The highest BCUT2D eigenvalue weighted by molar-refractivity contribution is 6.43. The molecule has 0 unspecified atom stereocenters. The highest BCUT2D eigenvalue weighted by atomic mass is 16.3. The number of hydrogen-bond acceptors (Lipinski definition) is 8. The lowest BCUT2D eigenvalue weighted by Crippen LogP contribution is -2.30. The molecule has 0 saturated heterocycles. The first-order valence-electron chi connectivity index (χ1n) is 11.2. The molecule has 0 heterocycles. The Morgan fingerprint density at radius 2 is 0.853 bits per heavy atom. The van der Waals surface area contributed by atoms with E-state index in [2.05, 4.69) is 10.6 Å². The lowest BCUT2D eigenvalue weighted by atomic mass is 10.2. The van der Waals surface area contributed by atoms with E-state index in [4.69, 9.17) is 20.4 Å². The molecular weight excluding hydrogens is 440 g/mol. The number of nitrogens with zero attached hydrogens (tertiary/aromatic N) is 2. The summed E-state index contributed by atoms with van der Waals surface area (Å²) in [6, 6.07) is 14.0. The van der Waals surface area contributed by atoms with E-state index >= 15 is 0 Å². The van der Waals surface area contributed by atoms with Gasteiger partial charge in [-0.15, -0.1) is 0 Å². The smallest absolute Gasteiger partial charge is 0.314 e. The summed E-state index contributed by atoms with van der Waals surface area (Å²) in [5.74, 6) is -1.59. The van der Waals surface area contributed by atoms with Crippen molar-refractivity contribution in [3.8, 4) is 0 Å². The van der Waals surface area contributed by atoms with E-state index in [0.29, 0.717) is 50.6 Å². The van der Waals surface area contributed by atoms with E-state index in [1.54, 1.807) is 24.3 Å². The van der Waals surface area contributed by atoms with E-state index < -0.39 is 11.8 Å². The summed E-state index contributed by atoms with van der Waals surface area (Å²) in [7, 11) is 0. The van der Waals surface area contributed by atoms with Gasteiger partial charge in [-0.2, -0.15) is 0 Å². The summed E-state index contributed by atoms with van der Waals surface area (Å²) < 4.78 is 0. The van der Waals surface area contributed by atoms with Crippen LogP contribution in [0.4, 0.5) is 11.4 Å². The van der Waals surface area contributed by atoms with Crippen molar-refractivity contribution in [2.24, 2.45) is 0 Å². The number of carbonyl (C=O) groups is 2. The summed E-state index contributed by atoms with van der Waals surface area (Å²) in [5.41, 5.74) is 2.84. The summed E-state index contributed by atoms with van der Waals surface area (Å²) >= 11 is 0. The van der Waals surface area contributed by atoms with Gasteiger partial charge >= 0.3 is 11.8 Å². The average Bonchev–Trinajstić information content (AvgIpc) is 2.82. The monoisotopic (exact) mass is 474 g/mol. The number of carbonyl (C=O) groups excluding carboxylic acids is 2. The topological polar surface area (TPSA) is 146 Å². The molecule has 0 aliphatic rings. The maximum absolute atomic E-state index is 12.3. The van der Waals surface area contributed by atoms with Crippen molar-refractivity contribution >= 4 is 23.2 Å². The van der Waals surface area contributed by atoms with Gasteiger partial charge in [-0.05, 0) is 35.4 Å². The van der Waals surface area contributed by atoms with Gasteiger partial charge in [0.05, 0.1) is 26.4 Å². The Kier molecular flexibility index (Phi) is 12.2. The molecule has 0 atom stereocenters. The molecule has 0 aromatic heterocycles. The maximum atomic E-state index is 12.3. The van der Waals surface area contributed by atoms with Gasteiger partial charge < -0.3 is 31.1 Å². The third-order valence-electron chi connectivity index (χ3n) is 5.11. The number of nitrogens with one attached hydrogen (secondary N) is 2. The predicted molar refractivity (Wildman–Crippen MR) is 129 cm³/mol. The molecule has 10 heteroatoms. The number of aliphatic hydroxyl groups is 4. The zero-order valence-electron chi connectivity index (χ0n) is 19.2. The molecule has 2 rings (SSSR count). The normalized spacial score (nSPS) is 11.1. The van der Waals surface area contributed by atoms with Crippen LogP contribution in [-0.4, -0.2) is 94.6 Å². The molecule has 34 heavy (non-hydrogen) atoms. The molecule has 0 aliphatic carbocycles. The second-order valence-corrected chi connectivity index (χ2v) is 7.75. The lowest BCUT2D eigenvalue weighted by Gasteiger charge is -2.20. The van der Waals surface area contributed by atoms with Crippen molar-refractivity contribution in [1.29, 1.82) is 0 Å². The minimum atomic E-state index is -0.795. The first-order chi connectivity index (χ1) is 16.5. The molecule has 2 amide bonds. The van der Waals surface area contributed by atoms with Crippen molar-refractivity contribution in [1.82, 2.24) is 9.80 Å². The fraction of sp³-hybridized carbons (Fsp3) is 0.417. The Bertz CT molecular complexity index is 791. The van der Waals surface area contributed by atoms with Gasteiger partial charge in [0.15, 0.2) is 0 Å². The van der Waals surface area contributed by atoms with Crippen LogP contribution >= 0.6 is 0 Å². The molecule has 0 aliphatic heterocycles. The quantitative estimate of drug-likeness (QED) is 0.207. The Balaban J connectivity index is 1.87. The second kappa shape index (κ2) is 15.1. The number of hydrogen-bond donors (Lipinski definition) is 6. The molecule has 2 aromatic carbocycles. The number of rotatable bonds is 14. The zero-order chi connectivity index (χ0) is 24.8. The summed E-state index contributed by atoms with van der Waals surface area (Å²) in [6.07, 6.45) is 0. The second-order valence-electron chi connectivity index (χ2n) is 7.75. The molecule has 6 N–H and O–H groups in total. The van der Waals surface area contributed by atoms with Crippen molar-refractivity contribution in [2.75, 3.05) is 63.2 Å². The van der Waals surface area contributed by atoms with Gasteiger partial charge in [-0.3, -0.25) is 19.4 Å². The van der Waals surface area contributed by atoms with Crippen LogP contribution in [0.15, 0.2) is 48.5 Å². The molecule has 0 saturated carbocycles. The van der Waals surface area contributed by atoms with E-state index in [1.807, 2.05) is 34.1 Å². The zero-order valence-corrected chi connectivity index (χ0v) is 19.2. The number of amides is 2. The van der Waals surface area contributed by atoms with Crippen molar-refractivity contribution in [3.63, 3.8) is 0 Å². The van der Waals surface area contributed by atoms with Crippen LogP contribution in [-0.2, 0) is 22.7 Å². The van der Waals surface area contributed by atoms with E-state index in [-0.39, 0.29) is 26.4 Å². The van der Waals surface area contributed by atoms with Crippen LogP contribution in [0.5, 0.6) is 0 Å². The molecule has 0 spiro atoms. The minimum absolute atomic E-state index is 0.00213. The molecule has 186 valence electrons. The first-order valence-corrected chi connectivity index (χ1v) is 11.2. The Morgan fingerprint density at radius 3 is 1.12 bits per heavy atom. The van der Waals surface area contributed by atoms with Crippen LogP contribution < -0.4 is 10.6 Å². The van der Waals surface area contributed by atoms with Gasteiger partial charge in [0.1, 0.15) is 0 Å². The van der Waals surface area contributed by atoms with Crippen molar-refractivity contribution < 1.29 is 30.0 Å². The van der Waals surface area contributed by atoms with Crippen LogP contribution in [0.25, 0.3) is 0 Å². The van der Waals surface area contributed by atoms with Crippen LogP contribution in [0.2, 0.25) is 0 Å². The minimum Gasteiger partial charge on any atom is -0.395 e. The lowest BCUT2D eigenvalue weighted by molar-refractivity contribution is -0.132. The van der Waals surface area contributed by atoms with Gasteiger partial charge in [-0.25, -0.2) is 0 Å². The predicted octanol–water partition coefficient (Wildman–Crippen LogP) is -0.163. The molecule has 10 nitrogen and oxygen atoms in total. The SMILES string of the molecule is O=C(Nc1ccc(CN(CCO)CCO)cc1)C(=O)Nc1ccc(CN(CCO)CCO)cc1. The largest absolute Gasteiger partial charge is 0.395 e. The van der Waals surface area contributed by atoms with E-state index in [9.17, 15) is 9.59 Å². The van der Waals surface area contributed by atoms with E-state index in [0.717, 1.165) is 11.1 Å². The highest BCUT2D eigenvalue weighted by Gasteiger charge is 2.14. The average molecular weight is 475 g/mol. The van der Waals surface area contributed by atoms with E-state index in [1.165, 1.54) is 0 Å². The highest BCUT2D eigenvalue weighted by Crippen LogP contribution is 2.14. The summed E-state index contributed by atoms with van der Waals surface area (Å²) in [5, 5.41) is 41.5. The summed E-state index contributed by atoms with van der Waals surface area (Å²) in [4.78, 5) is 28.3. The molecule has 0 fully saturated rings. The van der Waals surface area contributed by atoms with Crippen molar-refractivity contribution in [3.05, 3.63) is 59.7 Å². The van der Waals surface area contributed by atoms with Gasteiger partial charge in [0.2, 0.25) is 0 Å². The Morgan fingerprint density at radius 1 is 0.559 bits per heavy atom. The maximum Gasteiger partial charge on any atom is 0.314 e. The van der Waals surface area contributed by atoms with Gasteiger partial charge in [0, 0.05) is 50.6 Å². The fourth-order valence-electron chi connectivity index (χ4n) is 3.38. The van der Waals surface area contributed by atoms with Crippen LogP contribution in [0.3, 0.4) is 0 Å². The fourth-order valence-corrected chi connectivity index (χ4v) is 3.38. The van der Waals surface area contributed by atoms with Crippen molar-refractivity contribution in [2.45, 2.75) is 13.1 Å². The number of benzene rings is 2. The van der Waals surface area contributed by atoms with Crippen LogP contribution in [0, 0.1) is 0 Å². The Labute approximate surface area is 199 Å². The Hall–Kier alpha value is -2.86. The third-order valence-corrected chi connectivity index (χ3v) is 5.11. The number of aliphatic hydroxyl groups excluding tert-OH is 4. The standard InChI is InChI=1S/C24H34N4O6/c29-13-9-27(10-14-30)17-19-1-5-21(6-2-19)25-23(33)24(34)26-22-7-3-20(4-8-22)18-28(11-15-31)12-16-32/h1-8,29-32H,9-18H2,(H,25,33)(H,26,34). The van der Waals surface area contributed by atoms with Crippen LogP contribution in [0.1, 0.15) is 11.1 Å². The molecule has 2 aromatic rings. The number of anilines is 2. The first kappa shape index (κ1) is 27.4. The summed E-state index contributed by atoms with van der Waals surface area (Å²) in [6.45, 7) is 2.87. The molecular formula is C24H34N4O6. The molecule has 0 radical (unpaired) electrons. The van der Waals surface area contributed by atoms with Gasteiger partial charge in [0.25, 0.3) is 0 Å². The third kappa shape index (κ3) is 9.56.